The minimum atomic E-state index is -3.85. The highest BCUT2D eigenvalue weighted by Crippen LogP contribution is 2.17. The maximum Gasteiger partial charge on any atom is 0.269 e. The number of hydrogen-bond donors (Lipinski definition) is 3. The molecule has 0 saturated carbocycles. The average molecular weight is 460 g/mol. The van der Waals surface area contributed by atoms with Gasteiger partial charge in [0.15, 0.2) is 0 Å². The van der Waals surface area contributed by atoms with Crippen LogP contribution < -0.4 is 20.7 Å². The molecule has 0 aliphatic rings. The zero-order valence-corrected chi connectivity index (χ0v) is 17.6. The molecule has 0 fully saturated rings. The molecule has 31 heavy (non-hydrogen) atoms. The summed E-state index contributed by atoms with van der Waals surface area (Å²) in [5, 5.41) is 5.63. The zero-order valence-electron chi connectivity index (χ0n) is 16.0. The van der Waals surface area contributed by atoms with E-state index < -0.39 is 21.8 Å². The van der Waals surface area contributed by atoms with Crippen molar-refractivity contribution in [2.24, 2.45) is 5.14 Å². The summed E-state index contributed by atoms with van der Waals surface area (Å²) in [5.41, 5.74) is 5.91. The fourth-order valence-corrected chi connectivity index (χ4v) is 3.15. The van der Waals surface area contributed by atoms with Gasteiger partial charge in [-0.1, -0.05) is 23.7 Å². The highest BCUT2D eigenvalue weighted by Gasteiger charge is 2.12. The summed E-state index contributed by atoms with van der Waals surface area (Å²) in [5.74, 6) is -0.451. The number of nitrogens with two attached hydrogens (primary N) is 1. The highest BCUT2D eigenvalue weighted by molar-refractivity contribution is 7.89. The Morgan fingerprint density at radius 3 is 1.77 bits per heavy atom. The summed E-state index contributed by atoms with van der Waals surface area (Å²) >= 11 is 5.83. The van der Waals surface area contributed by atoms with Crippen LogP contribution in [0.2, 0.25) is 5.02 Å². The second kappa shape index (κ2) is 9.61. The van der Waals surface area contributed by atoms with Gasteiger partial charge in [-0.2, -0.15) is 0 Å². The van der Waals surface area contributed by atoms with Crippen molar-refractivity contribution in [2.45, 2.75) is 11.5 Å². The maximum atomic E-state index is 12.2. The van der Waals surface area contributed by atoms with E-state index >= 15 is 0 Å². The van der Waals surface area contributed by atoms with Crippen LogP contribution in [0.1, 0.15) is 26.3 Å². The summed E-state index contributed by atoms with van der Waals surface area (Å²) in [7, 11) is -3.85. The first-order chi connectivity index (χ1) is 14.7. The van der Waals surface area contributed by atoms with Crippen molar-refractivity contribution in [2.75, 3.05) is 0 Å². The smallest absolute Gasteiger partial charge is 0.269 e. The van der Waals surface area contributed by atoms with E-state index in [0.717, 1.165) is 5.56 Å². The quantitative estimate of drug-likeness (QED) is 0.488. The summed E-state index contributed by atoms with van der Waals surface area (Å²) in [4.78, 5) is 24.2. The predicted octanol–water partition coefficient (Wildman–Crippen LogP) is 2.64. The summed E-state index contributed by atoms with van der Waals surface area (Å²) in [6, 6.07) is 18.6. The van der Waals surface area contributed by atoms with Crippen LogP contribution in [0.4, 0.5) is 0 Å². The van der Waals surface area contributed by atoms with Crippen LogP contribution in [-0.4, -0.2) is 20.2 Å². The lowest BCUT2D eigenvalue weighted by Gasteiger charge is -2.09. The molecule has 8 nitrogen and oxygen atoms in total. The van der Waals surface area contributed by atoms with E-state index in [1.807, 2.05) is 0 Å². The van der Waals surface area contributed by atoms with E-state index in [1.165, 1.54) is 24.3 Å². The van der Waals surface area contributed by atoms with Gasteiger partial charge in [-0.15, -0.1) is 0 Å². The van der Waals surface area contributed by atoms with E-state index in [0.29, 0.717) is 22.9 Å². The molecule has 0 aliphatic heterocycles. The summed E-state index contributed by atoms with van der Waals surface area (Å²) < 4.78 is 28.1. The average Bonchev–Trinajstić information content (AvgIpc) is 2.76. The number of carbonyl (C=O) groups is 2. The third-order valence-corrected chi connectivity index (χ3v) is 5.35. The fraction of sp³-hybridized carbons (Fsp3) is 0.0476. The van der Waals surface area contributed by atoms with Gasteiger partial charge in [-0.25, -0.2) is 13.6 Å². The third-order valence-electron chi connectivity index (χ3n) is 4.17. The summed E-state index contributed by atoms with van der Waals surface area (Å²) in [6.07, 6.45) is 0. The number of nitrogens with one attached hydrogen (secondary N) is 2. The molecule has 0 aliphatic carbocycles. The van der Waals surface area contributed by atoms with Crippen LogP contribution in [0.25, 0.3) is 0 Å². The Bertz CT molecular complexity index is 1180. The Hall–Kier alpha value is -3.40. The minimum Gasteiger partial charge on any atom is -0.489 e. The molecular weight excluding hydrogens is 442 g/mol. The van der Waals surface area contributed by atoms with Crippen molar-refractivity contribution in [1.29, 1.82) is 0 Å². The second-order valence-corrected chi connectivity index (χ2v) is 8.42. The van der Waals surface area contributed by atoms with Crippen molar-refractivity contribution in [3.05, 3.63) is 94.5 Å². The Morgan fingerprint density at radius 2 is 1.29 bits per heavy atom. The number of ether oxygens (including phenoxy) is 1. The zero-order chi connectivity index (χ0) is 22.4. The van der Waals surface area contributed by atoms with Crippen LogP contribution in [-0.2, 0) is 16.6 Å². The lowest BCUT2D eigenvalue weighted by molar-refractivity contribution is 0.0846. The number of halogens is 1. The molecule has 160 valence electrons. The van der Waals surface area contributed by atoms with Crippen molar-refractivity contribution in [1.82, 2.24) is 10.9 Å². The van der Waals surface area contributed by atoms with Crippen LogP contribution in [0, 0.1) is 0 Å². The second-order valence-electron chi connectivity index (χ2n) is 6.42. The highest BCUT2D eigenvalue weighted by atomic mass is 35.5. The molecule has 4 N–H and O–H groups in total. The molecule has 0 atom stereocenters. The number of benzene rings is 3. The lowest BCUT2D eigenvalue weighted by Crippen LogP contribution is -2.41. The first kappa shape index (κ1) is 22.3. The molecule has 3 rings (SSSR count). The predicted molar refractivity (Wildman–Crippen MR) is 115 cm³/mol. The summed E-state index contributed by atoms with van der Waals surface area (Å²) in [6.45, 7) is 0.314. The number of primary sulfonamides is 1. The van der Waals surface area contributed by atoms with Crippen molar-refractivity contribution in [3.63, 3.8) is 0 Å². The van der Waals surface area contributed by atoms with Crippen molar-refractivity contribution >= 4 is 33.4 Å². The molecule has 3 aromatic carbocycles. The number of rotatable bonds is 6. The molecule has 10 heteroatoms. The SMILES string of the molecule is NS(=O)(=O)c1ccc(C(=O)NNC(=O)c2ccc(COc3ccc(Cl)cc3)cc2)cc1. The molecule has 0 unspecified atom stereocenters. The van der Waals surface area contributed by atoms with Gasteiger partial charge < -0.3 is 4.74 Å². The Balaban J connectivity index is 1.52. The number of amides is 2. The van der Waals surface area contributed by atoms with Gasteiger partial charge in [0, 0.05) is 16.1 Å². The molecular formula is C21H18ClN3O5S. The van der Waals surface area contributed by atoms with Gasteiger partial charge in [0.05, 0.1) is 4.90 Å². The standard InChI is InChI=1S/C21H18ClN3O5S/c22-17-7-9-18(10-8-17)30-13-14-1-3-15(4-2-14)20(26)24-25-21(27)16-5-11-19(12-6-16)31(23,28)29/h1-12H,13H2,(H,24,26)(H,25,27)(H2,23,28,29). The van der Waals surface area contributed by atoms with E-state index in [2.05, 4.69) is 10.9 Å². The Morgan fingerprint density at radius 1 is 0.806 bits per heavy atom. The van der Waals surface area contributed by atoms with E-state index in [-0.39, 0.29) is 10.5 Å². The van der Waals surface area contributed by atoms with Gasteiger partial charge in [-0.05, 0) is 66.2 Å². The van der Waals surface area contributed by atoms with E-state index in [1.54, 1.807) is 48.5 Å². The molecule has 0 bridgehead atoms. The molecule has 2 amide bonds. The van der Waals surface area contributed by atoms with E-state index in [9.17, 15) is 18.0 Å². The molecule has 0 aromatic heterocycles. The maximum absolute atomic E-state index is 12.2. The van der Waals surface area contributed by atoms with Crippen LogP contribution in [0.15, 0.2) is 77.7 Å². The van der Waals surface area contributed by atoms with Crippen LogP contribution >= 0.6 is 11.6 Å². The number of hydrogen-bond acceptors (Lipinski definition) is 5. The lowest BCUT2D eigenvalue weighted by atomic mass is 10.1. The van der Waals surface area contributed by atoms with Gasteiger partial charge in [0.1, 0.15) is 12.4 Å². The minimum absolute atomic E-state index is 0.117. The van der Waals surface area contributed by atoms with Crippen molar-refractivity contribution in [3.8, 4) is 5.75 Å². The first-order valence-corrected chi connectivity index (χ1v) is 10.9. The molecule has 0 heterocycles. The van der Waals surface area contributed by atoms with Gasteiger partial charge in [-0.3, -0.25) is 20.4 Å². The third kappa shape index (κ3) is 6.29. The van der Waals surface area contributed by atoms with Crippen molar-refractivity contribution < 1.29 is 22.7 Å². The fourth-order valence-electron chi connectivity index (χ4n) is 2.50. The molecule has 3 aromatic rings. The van der Waals surface area contributed by atoms with Gasteiger partial charge in [0.2, 0.25) is 10.0 Å². The normalized spacial score (nSPS) is 10.9. The first-order valence-electron chi connectivity index (χ1n) is 8.93. The van der Waals surface area contributed by atoms with Crippen LogP contribution in [0.3, 0.4) is 0 Å². The molecule has 0 spiro atoms. The molecule has 0 radical (unpaired) electrons. The van der Waals surface area contributed by atoms with Crippen LogP contribution in [0.5, 0.6) is 5.75 Å². The van der Waals surface area contributed by atoms with Gasteiger partial charge >= 0.3 is 0 Å². The van der Waals surface area contributed by atoms with E-state index in [4.69, 9.17) is 21.5 Å². The topological polar surface area (TPSA) is 128 Å². The number of sulfonamides is 1. The monoisotopic (exact) mass is 459 g/mol. The Labute approximate surface area is 184 Å². The number of hydrazine groups is 1. The number of carbonyl (C=O) groups excluding carboxylic acids is 2. The molecule has 0 saturated heterocycles. The Kier molecular flexibility index (Phi) is 6.91. The largest absolute Gasteiger partial charge is 0.489 e. The van der Waals surface area contributed by atoms with Gasteiger partial charge in [0.25, 0.3) is 11.8 Å².